The van der Waals surface area contributed by atoms with Crippen LogP contribution in [0.4, 0.5) is 0 Å². The van der Waals surface area contributed by atoms with Crippen LogP contribution in [0, 0.1) is 0 Å². The van der Waals surface area contributed by atoms with Crippen LogP contribution in [0.3, 0.4) is 0 Å². The first-order valence-electron chi connectivity index (χ1n) is 8.31. The molecule has 0 bridgehead atoms. The molecule has 1 saturated heterocycles. The molecule has 2 aromatic heterocycles. The molecular formula is C18H23N3O2S. The lowest BCUT2D eigenvalue weighted by Crippen LogP contribution is -2.38. The van der Waals surface area contributed by atoms with E-state index in [2.05, 4.69) is 5.32 Å². The highest BCUT2D eigenvalue weighted by atomic mass is 32.1. The van der Waals surface area contributed by atoms with Crippen molar-refractivity contribution in [1.29, 1.82) is 0 Å². The van der Waals surface area contributed by atoms with Crippen molar-refractivity contribution in [2.24, 2.45) is 7.05 Å². The molecule has 1 atom stereocenters. The molecule has 128 valence electrons. The van der Waals surface area contributed by atoms with Gasteiger partial charge in [-0.05, 0) is 42.8 Å². The first kappa shape index (κ1) is 16.8. The number of aromatic nitrogens is 1. The van der Waals surface area contributed by atoms with Gasteiger partial charge >= 0.3 is 0 Å². The molecule has 0 radical (unpaired) electrons. The molecule has 3 rings (SSSR count). The zero-order chi connectivity index (χ0) is 17.1. The summed E-state index contributed by atoms with van der Waals surface area (Å²) in [4.78, 5) is 27.4. The van der Waals surface area contributed by atoms with Gasteiger partial charge in [0.05, 0.1) is 12.6 Å². The average molecular weight is 345 g/mol. The second kappa shape index (κ2) is 7.21. The van der Waals surface area contributed by atoms with E-state index in [1.54, 1.807) is 18.3 Å². The van der Waals surface area contributed by atoms with Crippen molar-refractivity contribution in [1.82, 2.24) is 14.8 Å². The molecule has 0 aromatic carbocycles. The fraction of sp³-hybridized carbons (Fsp3) is 0.444. The number of carbonyl (C=O) groups excluding carboxylic acids is 2. The molecule has 0 aliphatic carbocycles. The fourth-order valence-corrected chi connectivity index (χ4v) is 4.02. The molecule has 1 aliphatic rings. The normalized spacial score (nSPS) is 17.8. The number of piperidine rings is 1. The summed E-state index contributed by atoms with van der Waals surface area (Å²) in [5, 5.41) is 4.96. The van der Waals surface area contributed by atoms with Crippen LogP contribution in [0.15, 0.2) is 29.6 Å². The van der Waals surface area contributed by atoms with Gasteiger partial charge in [-0.1, -0.05) is 6.07 Å². The number of nitrogens with zero attached hydrogens (tertiary/aromatic N) is 2. The van der Waals surface area contributed by atoms with Crippen molar-refractivity contribution in [2.75, 3.05) is 6.54 Å². The highest BCUT2D eigenvalue weighted by Crippen LogP contribution is 2.31. The SMILES string of the molecule is CC(=O)N1CCCCC1c1ccc(C(=O)NCc2cccs2)n1C. The van der Waals surface area contributed by atoms with Crippen molar-refractivity contribution >= 4 is 23.2 Å². The Labute approximate surface area is 146 Å². The zero-order valence-electron chi connectivity index (χ0n) is 14.1. The standard InChI is InChI=1S/C18H23N3O2S/c1-13(22)21-10-4-3-7-16(21)15-8-9-17(20(15)2)18(23)19-12-14-6-5-11-24-14/h5-6,8-9,11,16H,3-4,7,10,12H2,1-2H3,(H,19,23). The zero-order valence-corrected chi connectivity index (χ0v) is 14.9. The molecule has 1 unspecified atom stereocenters. The van der Waals surface area contributed by atoms with Crippen LogP contribution in [0.1, 0.15) is 53.3 Å². The van der Waals surface area contributed by atoms with Crippen molar-refractivity contribution < 1.29 is 9.59 Å². The van der Waals surface area contributed by atoms with E-state index in [1.807, 2.05) is 46.2 Å². The van der Waals surface area contributed by atoms with Crippen LogP contribution in [-0.2, 0) is 18.4 Å². The predicted octanol–water partition coefficient (Wildman–Crippen LogP) is 3.09. The van der Waals surface area contributed by atoms with Crippen LogP contribution < -0.4 is 5.32 Å². The molecule has 1 N–H and O–H groups in total. The van der Waals surface area contributed by atoms with E-state index in [9.17, 15) is 9.59 Å². The molecule has 2 aromatic rings. The Hall–Kier alpha value is -2.08. The molecule has 0 saturated carbocycles. The molecule has 2 amide bonds. The molecular weight excluding hydrogens is 322 g/mol. The van der Waals surface area contributed by atoms with Gasteiger partial charge in [-0.2, -0.15) is 0 Å². The van der Waals surface area contributed by atoms with Gasteiger partial charge in [-0.25, -0.2) is 0 Å². The first-order chi connectivity index (χ1) is 11.6. The molecule has 0 spiro atoms. The Bertz CT molecular complexity index is 721. The van der Waals surface area contributed by atoms with Crippen LogP contribution in [0.2, 0.25) is 0 Å². The Balaban J connectivity index is 1.75. The lowest BCUT2D eigenvalue weighted by molar-refractivity contribution is -0.132. The number of carbonyl (C=O) groups is 2. The summed E-state index contributed by atoms with van der Waals surface area (Å²) in [6.45, 7) is 2.96. The van der Waals surface area contributed by atoms with Gasteiger partial charge in [0.25, 0.3) is 5.91 Å². The number of amides is 2. The quantitative estimate of drug-likeness (QED) is 0.926. The second-order valence-corrected chi connectivity index (χ2v) is 7.22. The van der Waals surface area contributed by atoms with Gasteiger partial charge in [-0.3, -0.25) is 9.59 Å². The fourth-order valence-electron chi connectivity index (χ4n) is 3.38. The van der Waals surface area contributed by atoms with E-state index < -0.39 is 0 Å². The van der Waals surface area contributed by atoms with Gasteiger partial charge < -0.3 is 14.8 Å². The highest BCUT2D eigenvalue weighted by Gasteiger charge is 2.28. The lowest BCUT2D eigenvalue weighted by Gasteiger charge is -2.35. The molecule has 3 heterocycles. The number of hydrogen-bond acceptors (Lipinski definition) is 3. The van der Waals surface area contributed by atoms with Gasteiger partial charge in [0.15, 0.2) is 0 Å². The molecule has 6 heteroatoms. The predicted molar refractivity (Wildman–Crippen MR) is 94.9 cm³/mol. The Morgan fingerprint density at radius 2 is 2.12 bits per heavy atom. The van der Waals surface area contributed by atoms with Crippen LogP contribution in [0.5, 0.6) is 0 Å². The summed E-state index contributed by atoms with van der Waals surface area (Å²) in [5.74, 6) is 0.0203. The van der Waals surface area contributed by atoms with E-state index in [0.717, 1.165) is 36.4 Å². The maximum atomic E-state index is 12.5. The summed E-state index contributed by atoms with van der Waals surface area (Å²) in [7, 11) is 1.91. The van der Waals surface area contributed by atoms with E-state index in [4.69, 9.17) is 0 Å². The Morgan fingerprint density at radius 3 is 2.83 bits per heavy atom. The summed E-state index contributed by atoms with van der Waals surface area (Å²) < 4.78 is 1.93. The van der Waals surface area contributed by atoms with E-state index in [0.29, 0.717) is 12.2 Å². The third-order valence-corrected chi connectivity index (χ3v) is 5.52. The minimum Gasteiger partial charge on any atom is -0.346 e. The Kier molecular flexibility index (Phi) is 5.04. The summed E-state index contributed by atoms with van der Waals surface area (Å²) >= 11 is 1.63. The first-order valence-corrected chi connectivity index (χ1v) is 9.19. The lowest BCUT2D eigenvalue weighted by atomic mass is 9.99. The molecule has 24 heavy (non-hydrogen) atoms. The minimum atomic E-state index is -0.0812. The minimum absolute atomic E-state index is 0.0695. The Morgan fingerprint density at radius 1 is 1.29 bits per heavy atom. The molecule has 1 aliphatic heterocycles. The maximum Gasteiger partial charge on any atom is 0.268 e. The van der Waals surface area contributed by atoms with Crippen LogP contribution in [0.25, 0.3) is 0 Å². The monoisotopic (exact) mass is 345 g/mol. The van der Waals surface area contributed by atoms with Crippen LogP contribution >= 0.6 is 11.3 Å². The van der Waals surface area contributed by atoms with Gasteiger partial charge in [0, 0.05) is 31.1 Å². The number of nitrogens with one attached hydrogen (secondary N) is 1. The van der Waals surface area contributed by atoms with Gasteiger partial charge in [0.1, 0.15) is 5.69 Å². The average Bonchev–Trinajstić information content (AvgIpc) is 3.22. The summed E-state index contributed by atoms with van der Waals surface area (Å²) in [6.07, 6.45) is 3.11. The molecule has 5 nitrogen and oxygen atoms in total. The third-order valence-electron chi connectivity index (χ3n) is 4.65. The number of rotatable bonds is 4. The van der Waals surface area contributed by atoms with Gasteiger partial charge in [-0.15, -0.1) is 11.3 Å². The number of hydrogen-bond donors (Lipinski definition) is 1. The van der Waals surface area contributed by atoms with Crippen molar-refractivity contribution in [3.63, 3.8) is 0 Å². The largest absolute Gasteiger partial charge is 0.346 e. The van der Waals surface area contributed by atoms with E-state index in [-0.39, 0.29) is 17.9 Å². The molecule has 1 fully saturated rings. The van der Waals surface area contributed by atoms with E-state index in [1.165, 1.54) is 0 Å². The number of thiophene rings is 1. The smallest absolute Gasteiger partial charge is 0.268 e. The maximum absolute atomic E-state index is 12.5. The summed E-state index contributed by atoms with van der Waals surface area (Å²) in [6, 6.07) is 7.89. The number of likely N-dealkylation sites (tertiary alicyclic amines) is 1. The van der Waals surface area contributed by atoms with Gasteiger partial charge in [0.2, 0.25) is 5.91 Å². The highest BCUT2D eigenvalue weighted by molar-refractivity contribution is 7.09. The van der Waals surface area contributed by atoms with Crippen molar-refractivity contribution in [3.8, 4) is 0 Å². The van der Waals surface area contributed by atoms with E-state index >= 15 is 0 Å². The second-order valence-electron chi connectivity index (χ2n) is 6.19. The third kappa shape index (κ3) is 3.38. The topological polar surface area (TPSA) is 54.3 Å². The van der Waals surface area contributed by atoms with Crippen LogP contribution in [-0.4, -0.2) is 27.8 Å². The van der Waals surface area contributed by atoms with Crippen molar-refractivity contribution in [2.45, 2.75) is 38.8 Å². The van der Waals surface area contributed by atoms with Crippen molar-refractivity contribution in [3.05, 3.63) is 45.9 Å². The summed E-state index contributed by atoms with van der Waals surface area (Å²) in [5.41, 5.74) is 1.67.